The Bertz CT molecular complexity index is 540. The molecule has 0 saturated heterocycles. The van der Waals surface area contributed by atoms with Crippen molar-refractivity contribution in [1.29, 1.82) is 0 Å². The molecule has 0 aromatic heterocycles. The third-order valence-electron chi connectivity index (χ3n) is 3.58. The van der Waals surface area contributed by atoms with Crippen LogP contribution in [0.2, 0.25) is 0 Å². The van der Waals surface area contributed by atoms with Crippen LogP contribution in [0, 0.1) is 19.8 Å². The molecule has 0 bridgehead atoms. The topological polar surface area (TPSA) is 78.4 Å². The first-order valence-electron chi connectivity index (χ1n) is 6.30. The number of nitrogens with one attached hydrogen (secondary N) is 2. The Morgan fingerprint density at radius 3 is 2.47 bits per heavy atom. The number of aromatic carboxylic acids is 1. The maximum absolute atomic E-state index is 11.7. The second kappa shape index (κ2) is 4.91. The molecule has 0 aliphatic heterocycles. The Hall–Kier alpha value is -2.04. The predicted molar refractivity (Wildman–Crippen MR) is 72.6 cm³/mol. The van der Waals surface area contributed by atoms with Gasteiger partial charge in [-0.1, -0.05) is 6.92 Å². The number of carbonyl (C=O) groups is 2. The van der Waals surface area contributed by atoms with Crippen molar-refractivity contribution in [2.45, 2.75) is 33.2 Å². The van der Waals surface area contributed by atoms with Gasteiger partial charge in [-0.3, -0.25) is 0 Å². The molecule has 1 aromatic carbocycles. The van der Waals surface area contributed by atoms with E-state index in [9.17, 15) is 9.59 Å². The van der Waals surface area contributed by atoms with Gasteiger partial charge in [0.1, 0.15) is 0 Å². The lowest BCUT2D eigenvalue weighted by Crippen LogP contribution is -2.31. The summed E-state index contributed by atoms with van der Waals surface area (Å²) in [7, 11) is 0. The van der Waals surface area contributed by atoms with Crippen LogP contribution in [0.4, 0.5) is 10.5 Å². The van der Waals surface area contributed by atoms with E-state index in [1.807, 2.05) is 6.92 Å². The third-order valence-corrected chi connectivity index (χ3v) is 3.58. The maximum Gasteiger partial charge on any atom is 0.336 e. The highest BCUT2D eigenvalue weighted by atomic mass is 16.4. The molecule has 19 heavy (non-hydrogen) atoms. The van der Waals surface area contributed by atoms with Crippen LogP contribution in [0.5, 0.6) is 0 Å². The molecule has 2 rings (SSSR count). The molecule has 1 aromatic rings. The van der Waals surface area contributed by atoms with Crippen LogP contribution in [0.15, 0.2) is 12.1 Å². The molecular weight excluding hydrogens is 244 g/mol. The highest BCUT2D eigenvalue weighted by molar-refractivity contribution is 5.94. The van der Waals surface area contributed by atoms with Gasteiger partial charge in [0.05, 0.1) is 5.56 Å². The molecule has 2 amide bonds. The normalized spacial score (nSPS) is 20.8. The number of carboxylic acids is 1. The van der Waals surface area contributed by atoms with E-state index in [4.69, 9.17) is 5.11 Å². The molecule has 1 saturated carbocycles. The van der Waals surface area contributed by atoms with Gasteiger partial charge in [-0.05, 0) is 49.4 Å². The van der Waals surface area contributed by atoms with E-state index in [1.54, 1.807) is 13.0 Å². The van der Waals surface area contributed by atoms with Crippen LogP contribution in [-0.2, 0) is 0 Å². The zero-order valence-corrected chi connectivity index (χ0v) is 11.3. The summed E-state index contributed by atoms with van der Waals surface area (Å²) in [6.07, 6.45) is 1.00. The second-order valence-electron chi connectivity index (χ2n) is 5.19. The molecule has 0 spiro atoms. The summed E-state index contributed by atoms with van der Waals surface area (Å²) in [6, 6.07) is 3.22. The molecule has 2 unspecified atom stereocenters. The van der Waals surface area contributed by atoms with Gasteiger partial charge in [-0.15, -0.1) is 0 Å². The number of amides is 2. The van der Waals surface area contributed by atoms with Gasteiger partial charge < -0.3 is 15.7 Å². The van der Waals surface area contributed by atoms with Gasteiger partial charge >= 0.3 is 12.0 Å². The number of benzene rings is 1. The van der Waals surface area contributed by atoms with Gasteiger partial charge in [-0.2, -0.15) is 0 Å². The van der Waals surface area contributed by atoms with E-state index in [1.165, 1.54) is 6.07 Å². The number of hydrogen-bond acceptors (Lipinski definition) is 2. The summed E-state index contributed by atoms with van der Waals surface area (Å²) >= 11 is 0. The largest absolute Gasteiger partial charge is 0.478 e. The van der Waals surface area contributed by atoms with Crippen molar-refractivity contribution in [1.82, 2.24) is 5.32 Å². The quantitative estimate of drug-likeness (QED) is 0.783. The molecule has 0 heterocycles. The van der Waals surface area contributed by atoms with Gasteiger partial charge in [-0.25, -0.2) is 9.59 Å². The van der Waals surface area contributed by atoms with E-state index in [0.717, 1.165) is 12.0 Å². The summed E-state index contributed by atoms with van der Waals surface area (Å²) in [4.78, 5) is 22.8. The van der Waals surface area contributed by atoms with Crippen LogP contribution in [0.3, 0.4) is 0 Å². The minimum absolute atomic E-state index is 0.218. The molecule has 2 atom stereocenters. The van der Waals surface area contributed by atoms with E-state index in [2.05, 4.69) is 17.6 Å². The highest BCUT2D eigenvalue weighted by Crippen LogP contribution is 2.29. The maximum atomic E-state index is 11.7. The van der Waals surface area contributed by atoms with Crippen LogP contribution in [0.25, 0.3) is 0 Å². The number of hydrogen-bond donors (Lipinski definition) is 3. The minimum atomic E-state index is -0.986. The fraction of sp³-hybridized carbons (Fsp3) is 0.429. The number of anilines is 1. The number of aryl methyl sites for hydroxylation is 1. The highest BCUT2D eigenvalue weighted by Gasteiger charge is 2.33. The van der Waals surface area contributed by atoms with Gasteiger partial charge in [0.2, 0.25) is 0 Å². The summed E-state index contributed by atoms with van der Waals surface area (Å²) < 4.78 is 0. The van der Waals surface area contributed by atoms with E-state index in [-0.39, 0.29) is 17.6 Å². The summed E-state index contributed by atoms with van der Waals surface area (Å²) in [6.45, 7) is 5.66. The molecule has 1 aliphatic carbocycles. The lowest BCUT2D eigenvalue weighted by atomic mass is 10.0. The van der Waals surface area contributed by atoms with Crippen molar-refractivity contribution in [3.05, 3.63) is 28.8 Å². The Kier molecular flexibility index (Phi) is 3.46. The Balaban J connectivity index is 2.11. The standard InChI is InChI=1S/C14H18N2O3/c1-7-4-10(6-11(9(7)3)13(17)18)15-14(19)16-12-5-8(12)2/h4,6,8,12H,5H2,1-3H3,(H,17,18)(H2,15,16,19). The average Bonchev–Trinajstić information content (AvgIpc) is 2.98. The summed E-state index contributed by atoms with van der Waals surface area (Å²) in [5.41, 5.74) is 2.28. The van der Waals surface area contributed by atoms with Crippen molar-refractivity contribution < 1.29 is 14.7 Å². The lowest BCUT2D eigenvalue weighted by molar-refractivity contribution is 0.0696. The van der Waals surface area contributed by atoms with E-state index in [0.29, 0.717) is 17.2 Å². The van der Waals surface area contributed by atoms with Crippen molar-refractivity contribution in [3.8, 4) is 0 Å². The second-order valence-corrected chi connectivity index (χ2v) is 5.19. The number of carbonyl (C=O) groups excluding carboxylic acids is 1. The SMILES string of the molecule is Cc1cc(NC(=O)NC2CC2C)cc(C(=O)O)c1C. The Morgan fingerprint density at radius 1 is 1.32 bits per heavy atom. The molecule has 5 heteroatoms. The summed E-state index contributed by atoms with van der Waals surface area (Å²) in [5.74, 6) is -0.458. The first kappa shape index (κ1) is 13.4. The molecule has 1 fully saturated rings. The first-order chi connectivity index (χ1) is 8.88. The number of carboxylic acid groups (broad SMARTS) is 1. The fourth-order valence-electron chi connectivity index (χ4n) is 2.01. The zero-order valence-electron chi connectivity index (χ0n) is 11.3. The molecule has 0 radical (unpaired) electrons. The van der Waals surface area contributed by atoms with Crippen molar-refractivity contribution in [3.63, 3.8) is 0 Å². The first-order valence-corrected chi connectivity index (χ1v) is 6.30. The van der Waals surface area contributed by atoms with Crippen LogP contribution < -0.4 is 10.6 Å². The molecule has 102 valence electrons. The van der Waals surface area contributed by atoms with Crippen molar-refractivity contribution in [2.24, 2.45) is 5.92 Å². The predicted octanol–water partition coefficient (Wildman–Crippen LogP) is 2.53. The van der Waals surface area contributed by atoms with Crippen LogP contribution >= 0.6 is 0 Å². The Labute approximate surface area is 112 Å². The van der Waals surface area contributed by atoms with Gasteiger partial charge in [0.15, 0.2) is 0 Å². The summed E-state index contributed by atoms with van der Waals surface area (Å²) in [5, 5.41) is 14.6. The smallest absolute Gasteiger partial charge is 0.336 e. The Morgan fingerprint density at radius 2 is 1.95 bits per heavy atom. The molecule has 1 aliphatic rings. The van der Waals surface area contributed by atoms with Gasteiger partial charge in [0.25, 0.3) is 0 Å². The third kappa shape index (κ3) is 3.05. The molecular formula is C14H18N2O3. The fourth-order valence-corrected chi connectivity index (χ4v) is 2.01. The van der Waals surface area contributed by atoms with E-state index < -0.39 is 5.97 Å². The monoisotopic (exact) mass is 262 g/mol. The number of rotatable bonds is 3. The average molecular weight is 262 g/mol. The van der Waals surface area contributed by atoms with E-state index >= 15 is 0 Å². The lowest BCUT2D eigenvalue weighted by Gasteiger charge is -2.11. The molecule has 5 nitrogen and oxygen atoms in total. The minimum Gasteiger partial charge on any atom is -0.478 e. The zero-order chi connectivity index (χ0) is 14.2. The van der Waals surface area contributed by atoms with Crippen LogP contribution in [0.1, 0.15) is 34.8 Å². The molecule has 3 N–H and O–H groups in total. The number of urea groups is 1. The van der Waals surface area contributed by atoms with Crippen LogP contribution in [-0.4, -0.2) is 23.1 Å². The van der Waals surface area contributed by atoms with Crippen molar-refractivity contribution in [2.75, 3.05) is 5.32 Å². The van der Waals surface area contributed by atoms with Crippen molar-refractivity contribution >= 4 is 17.7 Å². The van der Waals surface area contributed by atoms with Gasteiger partial charge in [0, 0.05) is 11.7 Å².